The SMILES string of the molecule is C=CCCCCCC1(C)CCC(NCC)C1. The second-order valence-corrected chi connectivity index (χ2v) is 5.70. The molecule has 0 heterocycles. The molecule has 0 radical (unpaired) electrons. The van der Waals surface area contributed by atoms with Gasteiger partial charge in [0.15, 0.2) is 0 Å². The zero-order valence-electron chi connectivity index (χ0n) is 11.2. The van der Waals surface area contributed by atoms with E-state index in [0.717, 1.165) is 12.6 Å². The van der Waals surface area contributed by atoms with E-state index in [4.69, 9.17) is 0 Å². The van der Waals surface area contributed by atoms with Gasteiger partial charge in [0, 0.05) is 6.04 Å². The van der Waals surface area contributed by atoms with E-state index in [2.05, 4.69) is 25.7 Å². The molecule has 0 amide bonds. The lowest BCUT2D eigenvalue weighted by Crippen LogP contribution is -2.27. The Kier molecular flexibility index (Phi) is 6.12. The summed E-state index contributed by atoms with van der Waals surface area (Å²) in [5.74, 6) is 0. The van der Waals surface area contributed by atoms with Gasteiger partial charge in [-0.1, -0.05) is 32.8 Å². The van der Waals surface area contributed by atoms with Crippen LogP contribution >= 0.6 is 0 Å². The molecule has 1 fully saturated rings. The Labute approximate surface area is 102 Å². The van der Waals surface area contributed by atoms with Gasteiger partial charge in [0.05, 0.1) is 0 Å². The maximum absolute atomic E-state index is 3.77. The fourth-order valence-corrected chi connectivity index (χ4v) is 3.03. The fourth-order valence-electron chi connectivity index (χ4n) is 3.03. The lowest BCUT2D eigenvalue weighted by atomic mass is 9.83. The monoisotopic (exact) mass is 223 g/mol. The predicted molar refractivity (Wildman–Crippen MR) is 72.7 cm³/mol. The molecule has 1 aliphatic carbocycles. The van der Waals surface area contributed by atoms with Crippen molar-refractivity contribution >= 4 is 0 Å². The molecule has 1 heteroatoms. The summed E-state index contributed by atoms with van der Waals surface area (Å²) in [6.45, 7) is 9.59. The fraction of sp³-hybridized carbons (Fsp3) is 0.867. The Morgan fingerprint density at radius 1 is 1.38 bits per heavy atom. The summed E-state index contributed by atoms with van der Waals surface area (Å²) in [4.78, 5) is 0. The van der Waals surface area contributed by atoms with Crippen LogP contribution in [0.5, 0.6) is 0 Å². The maximum Gasteiger partial charge on any atom is 0.00723 e. The summed E-state index contributed by atoms with van der Waals surface area (Å²) in [6, 6.07) is 0.795. The molecule has 0 aliphatic heterocycles. The van der Waals surface area contributed by atoms with E-state index in [1.807, 2.05) is 6.08 Å². The Bertz CT molecular complexity index is 200. The van der Waals surface area contributed by atoms with Crippen molar-refractivity contribution in [3.05, 3.63) is 12.7 Å². The summed E-state index contributed by atoms with van der Waals surface area (Å²) in [5, 5.41) is 3.60. The molecule has 94 valence electrons. The zero-order chi connectivity index (χ0) is 11.9. The lowest BCUT2D eigenvalue weighted by Gasteiger charge is -2.24. The second kappa shape index (κ2) is 7.11. The average Bonchev–Trinajstić information content (AvgIpc) is 2.61. The highest BCUT2D eigenvalue weighted by Gasteiger charge is 2.33. The van der Waals surface area contributed by atoms with E-state index in [1.54, 1.807) is 0 Å². The highest BCUT2D eigenvalue weighted by Crippen LogP contribution is 2.41. The van der Waals surface area contributed by atoms with E-state index in [0.29, 0.717) is 5.41 Å². The first-order valence-corrected chi connectivity index (χ1v) is 7.04. The Balaban J connectivity index is 2.13. The van der Waals surface area contributed by atoms with Gasteiger partial charge < -0.3 is 5.32 Å². The highest BCUT2D eigenvalue weighted by atomic mass is 14.9. The van der Waals surface area contributed by atoms with Crippen molar-refractivity contribution in [2.45, 2.75) is 71.3 Å². The van der Waals surface area contributed by atoms with Crippen molar-refractivity contribution in [1.29, 1.82) is 0 Å². The third-order valence-electron chi connectivity index (χ3n) is 4.02. The molecule has 0 saturated heterocycles. The quantitative estimate of drug-likeness (QED) is 0.478. The normalized spacial score (nSPS) is 29.5. The molecule has 1 saturated carbocycles. The predicted octanol–water partition coefficient (Wildman–Crippen LogP) is 4.29. The van der Waals surface area contributed by atoms with Crippen molar-refractivity contribution in [2.24, 2.45) is 5.41 Å². The summed E-state index contributed by atoms with van der Waals surface area (Å²) < 4.78 is 0. The van der Waals surface area contributed by atoms with Crippen molar-refractivity contribution in [2.75, 3.05) is 6.54 Å². The molecule has 2 atom stereocenters. The molecule has 2 unspecified atom stereocenters. The minimum absolute atomic E-state index is 0.626. The summed E-state index contributed by atoms with van der Waals surface area (Å²) >= 11 is 0. The van der Waals surface area contributed by atoms with E-state index >= 15 is 0 Å². The Morgan fingerprint density at radius 2 is 2.19 bits per heavy atom. The van der Waals surface area contributed by atoms with Gasteiger partial charge in [-0.2, -0.15) is 0 Å². The van der Waals surface area contributed by atoms with Gasteiger partial charge in [0.25, 0.3) is 0 Å². The van der Waals surface area contributed by atoms with Crippen LogP contribution in [-0.2, 0) is 0 Å². The van der Waals surface area contributed by atoms with E-state index in [-0.39, 0.29) is 0 Å². The first-order chi connectivity index (χ1) is 7.70. The number of unbranched alkanes of at least 4 members (excludes halogenated alkanes) is 3. The third-order valence-corrected chi connectivity index (χ3v) is 4.02. The molecule has 0 aromatic rings. The van der Waals surface area contributed by atoms with Gasteiger partial charge in [-0.3, -0.25) is 0 Å². The standard InChI is InChI=1S/C15H29N/c1-4-6-7-8-9-11-15(3)12-10-14(13-15)16-5-2/h4,14,16H,1,5-13H2,2-3H3. The van der Waals surface area contributed by atoms with Crippen LogP contribution in [0.4, 0.5) is 0 Å². The maximum atomic E-state index is 3.77. The second-order valence-electron chi connectivity index (χ2n) is 5.70. The van der Waals surface area contributed by atoms with Gasteiger partial charge in [-0.15, -0.1) is 6.58 Å². The average molecular weight is 223 g/mol. The van der Waals surface area contributed by atoms with Gasteiger partial charge in [0.2, 0.25) is 0 Å². The topological polar surface area (TPSA) is 12.0 Å². The van der Waals surface area contributed by atoms with Gasteiger partial charge >= 0.3 is 0 Å². The van der Waals surface area contributed by atoms with Crippen molar-refractivity contribution in [3.8, 4) is 0 Å². The largest absolute Gasteiger partial charge is 0.314 e. The molecule has 1 rings (SSSR count). The molecule has 0 spiro atoms. The van der Waals surface area contributed by atoms with Crippen LogP contribution < -0.4 is 5.32 Å². The number of rotatable bonds is 8. The number of hydrogen-bond donors (Lipinski definition) is 1. The molecule has 0 aromatic carbocycles. The van der Waals surface area contributed by atoms with Crippen LogP contribution in [0.25, 0.3) is 0 Å². The van der Waals surface area contributed by atoms with Crippen LogP contribution in [0.15, 0.2) is 12.7 Å². The lowest BCUT2D eigenvalue weighted by molar-refractivity contribution is 0.286. The van der Waals surface area contributed by atoms with Crippen molar-refractivity contribution in [1.82, 2.24) is 5.32 Å². The smallest absolute Gasteiger partial charge is 0.00723 e. The van der Waals surface area contributed by atoms with Crippen LogP contribution in [0, 0.1) is 5.41 Å². The van der Waals surface area contributed by atoms with E-state index < -0.39 is 0 Å². The van der Waals surface area contributed by atoms with Gasteiger partial charge in [-0.25, -0.2) is 0 Å². The number of hydrogen-bond acceptors (Lipinski definition) is 1. The van der Waals surface area contributed by atoms with Crippen LogP contribution in [0.2, 0.25) is 0 Å². The van der Waals surface area contributed by atoms with Crippen LogP contribution in [-0.4, -0.2) is 12.6 Å². The van der Waals surface area contributed by atoms with Crippen molar-refractivity contribution in [3.63, 3.8) is 0 Å². The highest BCUT2D eigenvalue weighted by molar-refractivity contribution is 4.89. The summed E-state index contributed by atoms with van der Waals surface area (Å²) in [7, 11) is 0. The van der Waals surface area contributed by atoms with Gasteiger partial charge in [-0.05, 0) is 50.5 Å². The molecule has 1 nitrogen and oxygen atoms in total. The van der Waals surface area contributed by atoms with E-state index in [1.165, 1.54) is 51.4 Å². The molecule has 1 N–H and O–H groups in total. The van der Waals surface area contributed by atoms with Crippen LogP contribution in [0.1, 0.15) is 65.2 Å². The Morgan fingerprint density at radius 3 is 2.88 bits per heavy atom. The summed E-state index contributed by atoms with van der Waals surface area (Å²) in [6.07, 6.45) is 13.0. The molecular formula is C15H29N. The minimum Gasteiger partial charge on any atom is -0.314 e. The summed E-state index contributed by atoms with van der Waals surface area (Å²) in [5.41, 5.74) is 0.626. The van der Waals surface area contributed by atoms with Crippen LogP contribution in [0.3, 0.4) is 0 Å². The van der Waals surface area contributed by atoms with E-state index in [9.17, 15) is 0 Å². The first kappa shape index (κ1) is 13.8. The number of nitrogens with one attached hydrogen (secondary N) is 1. The Hall–Kier alpha value is -0.300. The van der Waals surface area contributed by atoms with Crippen molar-refractivity contribution < 1.29 is 0 Å². The zero-order valence-corrected chi connectivity index (χ0v) is 11.2. The van der Waals surface area contributed by atoms with Gasteiger partial charge in [0.1, 0.15) is 0 Å². The molecule has 0 bridgehead atoms. The third kappa shape index (κ3) is 4.69. The minimum atomic E-state index is 0.626. The molecular weight excluding hydrogens is 194 g/mol. The molecule has 16 heavy (non-hydrogen) atoms. The first-order valence-electron chi connectivity index (χ1n) is 7.04. The molecule has 0 aromatic heterocycles. The molecule has 1 aliphatic rings. The number of allylic oxidation sites excluding steroid dienone is 1.